The zero-order valence-corrected chi connectivity index (χ0v) is 14.2. The Balaban J connectivity index is 2.32. The van der Waals surface area contributed by atoms with E-state index >= 15 is 0 Å². The van der Waals surface area contributed by atoms with Crippen molar-refractivity contribution < 1.29 is 0 Å². The van der Waals surface area contributed by atoms with E-state index in [2.05, 4.69) is 59.7 Å². The van der Waals surface area contributed by atoms with Crippen LogP contribution in [0, 0.1) is 0 Å². The maximum Gasteiger partial charge on any atom is 0.161 e. The first kappa shape index (κ1) is 15.5. The maximum absolute atomic E-state index is 4.34. The molecule has 1 N–H and O–H groups in total. The predicted molar refractivity (Wildman–Crippen MR) is 84.2 cm³/mol. The number of rotatable bonds is 5. The third-order valence-electron chi connectivity index (χ3n) is 2.99. The molecule has 0 aliphatic rings. The fourth-order valence-corrected chi connectivity index (χ4v) is 3.88. The van der Waals surface area contributed by atoms with Crippen molar-refractivity contribution in [2.45, 2.75) is 52.5 Å². The zero-order chi connectivity index (χ0) is 14.8. The molecule has 0 saturated heterocycles. The predicted octanol–water partition coefficient (Wildman–Crippen LogP) is 3.41. The summed E-state index contributed by atoms with van der Waals surface area (Å²) in [5, 5.41) is 18.3. The fraction of sp³-hybridized carbons (Fsp3) is 0.692. The monoisotopic (exact) mass is 311 g/mol. The van der Waals surface area contributed by atoms with Crippen molar-refractivity contribution in [2.24, 2.45) is 0 Å². The molecule has 2 aromatic rings. The third-order valence-corrected chi connectivity index (χ3v) is 4.91. The summed E-state index contributed by atoms with van der Waals surface area (Å²) in [5.74, 6) is 0. The number of hydrogen-bond acceptors (Lipinski definition) is 7. The molecule has 2 aromatic heterocycles. The molecule has 2 heterocycles. The van der Waals surface area contributed by atoms with Gasteiger partial charge in [0.25, 0.3) is 0 Å². The van der Waals surface area contributed by atoms with Gasteiger partial charge in [0.15, 0.2) is 5.01 Å². The summed E-state index contributed by atoms with van der Waals surface area (Å²) in [5.41, 5.74) is 0.974. The third kappa shape index (κ3) is 3.21. The van der Waals surface area contributed by atoms with Gasteiger partial charge in [0, 0.05) is 5.41 Å². The lowest BCUT2D eigenvalue weighted by Gasteiger charge is -2.15. The summed E-state index contributed by atoms with van der Waals surface area (Å²) in [6.45, 7) is 11.6. The van der Waals surface area contributed by atoms with Crippen LogP contribution in [0.4, 0.5) is 0 Å². The molecule has 0 fully saturated rings. The smallest absolute Gasteiger partial charge is 0.161 e. The van der Waals surface area contributed by atoms with E-state index in [0.717, 1.165) is 33.6 Å². The summed E-state index contributed by atoms with van der Waals surface area (Å²) in [6.07, 6.45) is 1.01. The Morgan fingerprint density at radius 3 is 2.50 bits per heavy atom. The SMILES string of the molecule is CCNC(CC)c1nnc(-c2snnc2C(C)(C)C)s1. The Morgan fingerprint density at radius 1 is 1.15 bits per heavy atom. The van der Waals surface area contributed by atoms with Gasteiger partial charge in [-0.05, 0) is 24.5 Å². The van der Waals surface area contributed by atoms with Gasteiger partial charge in [0.05, 0.1) is 11.7 Å². The minimum absolute atomic E-state index is 0.0278. The maximum atomic E-state index is 4.34. The molecule has 1 atom stereocenters. The fourth-order valence-electron chi connectivity index (χ4n) is 1.94. The van der Waals surface area contributed by atoms with Crippen molar-refractivity contribution in [2.75, 3.05) is 6.54 Å². The average molecular weight is 311 g/mol. The molecule has 0 aliphatic heterocycles. The minimum Gasteiger partial charge on any atom is -0.308 e. The first-order valence-corrected chi connectivity index (χ1v) is 8.46. The molecule has 5 nitrogen and oxygen atoms in total. The lowest BCUT2D eigenvalue weighted by atomic mass is 9.91. The van der Waals surface area contributed by atoms with E-state index < -0.39 is 0 Å². The van der Waals surface area contributed by atoms with Crippen molar-refractivity contribution in [1.82, 2.24) is 25.1 Å². The van der Waals surface area contributed by atoms with Gasteiger partial charge in [-0.15, -0.1) is 15.3 Å². The Labute approximate surface area is 128 Å². The summed E-state index contributed by atoms with van der Waals surface area (Å²) in [4.78, 5) is 1.05. The van der Waals surface area contributed by atoms with E-state index in [-0.39, 0.29) is 11.5 Å². The molecule has 2 rings (SSSR count). The standard InChI is InChI=1S/C13H21N5S2/c1-6-8(14-7-2)11-16-17-12(19-11)9-10(13(3,4)5)15-18-20-9/h8,14H,6-7H2,1-5H3. The highest BCUT2D eigenvalue weighted by Crippen LogP contribution is 2.36. The van der Waals surface area contributed by atoms with E-state index in [1.54, 1.807) is 11.3 Å². The molecular formula is C13H21N5S2. The Morgan fingerprint density at radius 2 is 1.90 bits per heavy atom. The average Bonchev–Trinajstić information content (AvgIpc) is 3.02. The first-order chi connectivity index (χ1) is 9.47. The van der Waals surface area contributed by atoms with Gasteiger partial charge < -0.3 is 5.32 Å². The molecular weight excluding hydrogens is 290 g/mol. The number of aromatic nitrogens is 4. The van der Waals surface area contributed by atoms with Crippen molar-refractivity contribution in [3.63, 3.8) is 0 Å². The molecule has 20 heavy (non-hydrogen) atoms. The molecule has 0 aliphatic carbocycles. The number of hydrogen-bond donors (Lipinski definition) is 1. The second-order valence-electron chi connectivity index (χ2n) is 5.66. The zero-order valence-electron chi connectivity index (χ0n) is 12.6. The molecule has 0 saturated carbocycles. The largest absolute Gasteiger partial charge is 0.308 e. The molecule has 0 amide bonds. The van der Waals surface area contributed by atoms with Crippen LogP contribution in [0.25, 0.3) is 9.88 Å². The number of nitrogens with zero attached hydrogens (tertiary/aromatic N) is 4. The van der Waals surface area contributed by atoms with Crippen LogP contribution in [-0.4, -0.2) is 26.3 Å². The quantitative estimate of drug-likeness (QED) is 0.916. The van der Waals surface area contributed by atoms with Gasteiger partial charge in [-0.1, -0.05) is 50.4 Å². The highest BCUT2D eigenvalue weighted by atomic mass is 32.1. The molecule has 0 radical (unpaired) electrons. The van der Waals surface area contributed by atoms with Crippen molar-refractivity contribution in [3.05, 3.63) is 10.7 Å². The Kier molecular flexibility index (Phi) is 4.82. The normalized spacial score (nSPS) is 13.7. The minimum atomic E-state index is -0.0278. The molecule has 7 heteroatoms. The Hall–Kier alpha value is -0.920. The van der Waals surface area contributed by atoms with E-state index in [1.807, 2.05) is 0 Å². The topological polar surface area (TPSA) is 63.6 Å². The molecule has 0 spiro atoms. The molecule has 110 valence electrons. The summed E-state index contributed by atoms with van der Waals surface area (Å²) >= 11 is 3.04. The van der Waals surface area contributed by atoms with E-state index in [0.29, 0.717) is 0 Å². The van der Waals surface area contributed by atoms with Gasteiger partial charge in [-0.25, -0.2) is 0 Å². The van der Waals surface area contributed by atoms with Crippen molar-refractivity contribution in [1.29, 1.82) is 0 Å². The van der Waals surface area contributed by atoms with Crippen LogP contribution < -0.4 is 5.32 Å². The van der Waals surface area contributed by atoms with Gasteiger partial charge in [-0.3, -0.25) is 0 Å². The highest BCUT2D eigenvalue weighted by Gasteiger charge is 2.26. The van der Waals surface area contributed by atoms with Gasteiger partial charge in [0.2, 0.25) is 0 Å². The van der Waals surface area contributed by atoms with Crippen LogP contribution >= 0.6 is 22.9 Å². The second-order valence-corrected chi connectivity index (χ2v) is 7.43. The summed E-state index contributed by atoms with van der Waals surface area (Å²) in [7, 11) is 0. The molecule has 0 aromatic carbocycles. The highest BCUT2D eigenvalue weighted by molar-refractivity contribution is 7.19. The van der Waals surface area contributed by atoms with E-state index in [9.17, 15) is 0 Å². The van der Waals surface area contributed by atoms with Crippen LogP contribution in [0.2, 0.25) is 0 Å². The van der Waals surface area contributed by atoms with Crippen LogP contribution in [-0.2, 0) is 5.41 Å². The summed E-state index contributed by atoms with van der Waals surface area (Å²) < 4.78 is 4.09. The molecule has 1 unspecified atom stereocenters. The second kappa shape index (κ2) is 6.24. The lowest BCUT2D eigenvalue weighted by molar-refractivity contribution is 0.531. The number of nitrogens with one attached hydrogen (secondary N) is 1. The van der Waals surface area contributed by atoms with Gasteiger partial charge >= 0.3 is 0 Å². The van der Waals surface area contributed by atoms with Gasteiger partial charge in [-0.2, -0.15) is 0 Å². The lowest BCUT2D eigenvalue weighted by Crippen LogP contribution is -2.19. The van der Waals surface area contributed by atoms with Crippen molar-refractivity contribution >= 4 is 22.9 Å². The van der Waals surface area contributed by atoms with Crippen LogP contribution in [0.5, 0.6) is 0 Å². The van der Waals surface area contributed by atoms with Crippen LogP contribution in [0.1, 0.15) is 57.8 Å². The summed E-state index contributed by atoms with van der Waals surface area (Å²) in [6, 6.07) is 0.283. The van der Waals surface area contributed by atoms with E-state index in [1.165, 1.54) is 11.5 Å². The Bertz CT molecular complexity index is 555. The molecule has 0 bridgehead atoms. The van der Waals surface area contributed by atoms with Crippen molar-refractivity contribution in [3.8, 4) is 9.88 Å². The van der Waals surface area contributed by atoms with Crippen LogP contribution in [0.3, 0.4) is 0 Å². The van der Waals surface area contributed by atoms with Gasteiger partial charge in [0.1, 0.15) is 9.88 Å². The first-order valence-electron chi connectivity index (χ1n) is 6.87. The van der Waals surface area contributed by atoms with Crippen LogP contribution in [0.15, 0.2) is 0 Å². The van der Waals surface area contributed by atoms with E-state index in [4.69, 9.17) is 0 Å².